The Morgan fingerprint density at radius 1 is 1.21 bits per heavy atom. The van der Waals surface area contributed by atoms with Gasteiger partial charge in [0, 0.05) is 24.9 Å². The highest BCUT2D eigenvalue weighted by atomic mass is 32.1. The fraction of sp³-hybridized carbons (Fsp3) is 0.750. The maximum absolute atomic E-state index is 13.5. The van der Waals surface area contributed by atoms with Crippen LogP contribution < -0.4 is 5.32 Å². The first-order valence-corrected chi connectivity index (χ1v) is 12.8. The van der Waals surface area contributed by atoms with Gasteiger partial charge in [0.25, 0.3) is 5.91 Å². The molecule has 0 bridgehead atoms. The van der Waals surface area contributed by atoms with Gasteiger partial charge in [0.05, 0.1) is 27.7 Å². The summed E-state index contributed by atoms with van der Waals surface area (Å²) in [7, 11) is 7.49. The summed E-state index contributed by atoms with van der Waals surface area (Å²) < 4.78 is 5.43. The minimum absolute atomic E-state index is 0.0461. The van der Waals surface area contributed by atoms with Crippen molar-refractivity contribution in [3.63, 3.8) is 0 Å². The van der Waals surface area contributed by atoms with Crippen molar-refractivity contribution < 1.29 is 28.7 Å². The Balaban J connectivity index is 3.02. The van der Waals surface area contributed by atoms with Crippen LogP contribution in [0.3, 0.4) is 0 Å². The van der Waals surface area contributed by atoms with Crippen LogP contribution in [0.4, 0.5) is 0 Å². The van der Waals surface area contributed by atoms with Crippen LogP contribution in [-0.2, 0) is 14.3 Å². The van der Waals surface area contributed by atoms with Crippen molar-refractivity contribution in [3.05, 3.63) is 16.1 Å². The molecule has 0 fully saturated rings. The van der Waals surface area contributed by atoms with Crippen molar-refractivity contribution in [3.8, 4) is 0 Å². The molecule has 0 radical (unpaired) electrons. The molecule has 1 unspecified atom stereocenters. The van der Waals surface area contributed by atoms with E-state index in [1.54, 1.807) is 24.3 Å². The third-order valence-electron chi connectivity index (χ3n) is 5.78. The summed E-state index contributed by atoms with van der Waals surface area (Å²) >= 11 is 1.19. The molecule has 0 aliphatic rings. The Morgan fingerprint density at radius 2 is 1.82 bits per heavy atom. The minimum atomic E-state index is -0.939. The Labute approximate surface area is 208 Å². The van der Waals surface area contributed by atoms with Gasteiger partial charge >= 0.3 is 5.97 Å². The molecular formula is C24H43N4O5S+. The number of nitrogens with one attached hydrogen (secondary N) is 1. The van der Waals surface area contributed by atoms with E-state index in [9.17, 15) is 19.5 Å². The van der Waals surface area contributed by atoms with E-state index in [0.717, 1.165) is 6.42 Å². The molecule has 0 saturated carbocycles. The third kappa shape index (κ3) is 8.96. The lowest BCUT2D eigenvalue weighted by Crippen LogP contribution is -2.56. The summed E-state index contributed by atoms with van der Waals surface area (Å²) in [5.41, 5.74) is 0.170. The van der Waals surface area contributed by atoms with Crippen molar-refractivity contribution in [2.24, 2.45) is 11.8 Å². The average Bonchev–Trinajstić information content (AvgIpc) is 3.23. The van der Waals surface area contributed by atoms with Crippen molar-refractivity contribution in [1.29, 1.82) is 0 Å². The van der Waals surface area contributed by atoms with Crippen LogP contribution in [0.25, 0.3) is 0 Å². The number of nitrogens with zero attached hydrogens (tertiary/aromatic N) is 3. The lowest BCUT2D eigenvalue weighted by Gasteiger charge is -2.36. The summed E-state index contributed by atoms with van der Waals surface area (Å²) in [5.74, 6) is -0.870. The van der Waals surface area contributed by atoms with E-state index in [2.05, 4.69) is 10.3 Å². The first-order chi connectivity index (χ1) is 15.7. The van der Waals surface area contributed by atoms with Crippen LogP contribution in [0.15, 0.2) is 5.38 Å². The number of likely N-dealkylation sites (N-methyl/N-ethyl adjacent to an activating group) is 2. The summed E-state index contributed by atoms with van der Waals surface area (Å²) in [6.07, 6.45) is 0.0562. The summed E-state index contributed by atoms with van der Waals surface area (Å²) in [5, 5.41) is 15.8. The van der Waals surface area contributed by atoms with Crippen molar-refractivity contribution in [2.45, 2.75) is 65.6 Å². The Morgan fingerprint density at radius 3 is 2.32 bits per heavy atom. The first kappa shape index (κ1) is 30.0. The summed E-state index contributed by atoms with van der Waals surface area (Å²) in [4.78, 5) is 43.9. The number of hydrogen-bond donors (Lipinski definition) is 2. The van der Waals surface area contributed by atoms with E-state index in [4.69, 9.17) is 4.74 Å². The number of aliphatic hydroxyl groups excluding tert-OH is 1. The summed E-state index contributed by atoms with van der Waals surface area (Å²) in [6.45, 7) is 10.2. The Hall–Kier alpha value is -2.04. The molecule has 1 rings (SSSR count). The van der Waals surface area contributed by atoms with E-state index in [-0.39, 0.29) is 55.0 Å². The zero-order chi connectivity index (χ0) is 26.2. The Kier molecular flexibility index (Phi) is 11.6. The molecule has 0 saturated heterocycles. The highest BCUT2D eigenvalue weighted by Crippen LogP contribution is 2.28. The van der Waals surface area contributed by atoms with Crippen LogP contribution in [0, 0.1) is 11.8 Å². The molecule has 4 atom stereocenters. The van der Waals surface area contributed by atoms with Gasteiger partial charge in [-0.2, -0.15) is 0 Å². The van der Waals surface area contributed by atoms with Crippen molar-refractivity contribution >= 4 is 29.1 Å². The second-order valence-corrected chi connectivity index (χ2v) is 11.1. The molecule has 0 aliphatic carbocycles. The van der Waals surface area contributed by atoms with E-state index < -0.39 is 18.1 Å². The van der Waals surface area contributed by atoms with Crippen molar-refractivity contribution in [1.82, 2.24) is 15.2 Å². The van der Waals surface area contributed by atoms with Gasteiger partial charge in [0.15, 0.2) is 12.2 Å². The van der Waals surface area contributed by atoms with E-state index in [0.29, 0.717) is 9.49 Å². The molecule has 1 heterocycles. The van der Waals surface area contributed by atoms with Crippen LogP contribution in [0.5, 0.6) is 0 Å². The van der Waals surface area contributed by atoms with Gasteiger partial charge in [0.2, 0.25) is 5.91 Å². The van der Waals surface area contributed by atoms with E-state index >= 15 is 0 Å². The lowest BCUT2D eigenvalue weighted by atomic mass is 9.93. The molecule has 9 nitrogen and oxygen atoms in total. The number of carbonyl (C=O) groups is 3. The third-order valence-corrected chi connectivity index (χ3v) is 6.73. The minimum Gasteiger partial charge on any atom is -0.461 e. The molecule has 1 aromatic heterocycles. The monoisotopic (exact) mass is 499 g/mol. The number of esters is 1. The zero-order valence-electron chi connectivity index (χ0n) is 22.1. The molecule has 194 valence electrons. The van der Waals surface area contributed by atoms with Gasteiger partial charge < -0.3 is 24.5 Å². The first-order valence-electron chi connectivity index (χ1n) is 11.9. The van der Waals surface area contributed by atoms with Gasteiger partial charge in [-0.05, 0) is 18.8 Å². The number of amides is 2. The van der Waals surface area contributed by atoms with Crippen LogP contribution in [0.2, 0.25) is 0 Å². The van der Waals surface area contributed by atoms with E-state index in [1.807, 2.05) is 48.8 Å². The molecular weight excluding hydrogens is 456 g/mol. The topological polar surface area (TPSA) is 109 Å². The molecule has 2 N–H and O–H groups in total. The molecule has 34 heavy (non-hydrogen) atoms. The number of carbonyl (C=O) groups excluding carboxylic acids is 3. The zero-order valence-corrected chi connectivity index (χ0v) is 22.9. The standard InChI is InChI=1S/C24H42N4O5S/c1-10-16(5)21(26-20(30)13-28(7,8)9)23(31)27(6)18(15(3)4)12-19(29)22-25-17(14-34-22)24(32)33-11-2/h14-16,18-19,21,29H,10-13H2,1-9H3/p+1/t16?,18-,19-,21+/m1/s1. The van der Waals surface area contributed by atoms with Crippen LogP contribution in [0.1, 0.15) is 69.1 Å². The molecule has 0 aromatic carbocycles. The normalized spacial score (nSPS) is 15.4. The number of quaternary nitrogens is 1. The molecule has 0 aliphatic heterocycles. The fourth-order valence-electron chi connectivity index (χ4n) is 3.66. The van der Waals surface area contributed by atoms with Gasteiger partial charge in [-0.1, -0.05) is 34.1 Å². The van der Waals surface area contributed by atoms with E-state index in [1.165, 1.54) is 11.3 Å². The number of aliphatic hydroxyl groups is 1. The highest BCUT2D eigenvalue weighted by molar-refractivity contribution is 7.09. The lowest BCUT2D eigenvalue weighted by molar-refractivity contribution is -0.862. The second-order valence-electron chi connectivity index (χ2n) is 10.2. The van der Waals surface area contributed by atoms with Gasteiger partial charge in [-0.25, -0.2) is 9.78 Å². The molecule has 10 heteroatoms. The van der Waals surface area contributed by atoms with Gasteiger partial charge in [-0.3, -0.25) is 9.59 Å². The van der Waals surface area contributed by atoms with Crippen molar-refractivity contribution in [2.75, 3.05) is 41.3 Å². The quantitative estimate of drug-likeness (QED) is 0.319. The second kappa shape index (κ2) is 13.2. The highest BCUT2D eigenvalue weighted by Gasteiger charge is 2.35. The Bertz CT molecular complexity index is 821. The number of ether oxygens (including phenoxy) is 1. The average molecular weight is 500 g/mol. The van der Waals surface area contributed by atoms with Gasteiger partial charge in [-0.15, -0.1) is 11.3 Å². The predicted octanol–water partition coefficient (Wildman–Crippen LogP) is 2.46. The smallest absolute Gasteiger partial charge is 0.357 e. The maximum Gasteiger partial charge on any atom is 0.357 e. The predicted molar refractivity (Wildman–Crippen MR) is 133 cm³/mol. The number of thiazole rings is 1. The molecule has 0 spiro atoms. The molecule has 1 aromatic rings. The maximum atomic E-state index is 13.5. The summed E-state index contributed by atoms with van der Waals surface area (Å²) in [6, 6.07) is -0.943. The number of rotatable bonds is 13. The van der Waals surface area contributed by atoms with Gasteiger partial charge in [0.1, 0.15) is 17.2 Å². The van der Waals surface area contributed by atoms with Crippen LogP contribution >= 0.6 is 11.3 Å². The number of aromatic nitrogens is 1. The largest absolute Gasteiger partial charge is 0.461 e. The molecule has 2 amide bonds. The SMILES string of the molecule is CCOC(=O)c1csc([C@H](O)C[C@H](C(C)C)N(C)C(=O)[C@@H](NC(=O)C[N+](C)(C)C)C(C)CC)n1. The number of hydrogen-bond acceptors (Lipinski definition) is 7. The van der Waals surface area contributed by atoms with Crippen LogP contribution in [-0.4, -0.2) is 90.7 Å². The fourth-order valence-corrected chi connectivity index (χ4v) is 4.45.